The number of rotatable bonds is 5. The lowest BCUT2D eigenvalue weighted by Gasteiger charge is -2.16. The van der Waals surface area contributed by atoms with E-state index in [2.05, 4.69) is 30.1 Å². The Bertz CT molecular complexity index is 493. The molecule has 0 heterocycles. The van der Waals surface area contributed by atoms with E-state index in [9.17, 15) is 4.79 Å². The van der Waals surface area contributed by atoms with Crippen molar-refractivity contribution in [3.63, 3.8) is 0 Å². The van der Waals surface area contributed by atoms with E-state index in [1.165, 1.54) is 5.56 Å². The van der Waals surface area contributed by atoms with Crippen LogP contribution in [0, 0.1) is 0 Å². The summed E-state index contributed by atoms with van der Waals surface area (Å²) in [6.45, 7) is 0. The minimum absolute atomic E-state index is 0.0465. The summed E-state index contributed by atoms with van der Waals surface area (Å²) in [5.74, 6) is 2.12. The van der Waals surface area contributed by atoms with Crippen molar-refractivity contribution in [2.24, 2.45) is 0 Å². The smallest absolute Gasteiger partial charge is 0.321 e. The number of hydrogen-bond donors (Lipinski definition) is 0. The molecule has 0 aliphatic rings. The lowest BCUT2D eigenvalue weighted by atomic mass is 9.93. The molecule has 2 heteroatoms. The molecule has 0 fully saturated rings. The topological polar surface area (TPSA) is 17.1 Å². The van der Waals surface area contributed by atoms with Gasteiger partial charge in [0.15, 0.2) is 0 Å². The second-order valence-electron chi connectivity index (χ2n) is 4.47. The summed E-state index contributed by atoms with van der Waals surface area (Å²) in [6, 6.07) is 20.4. The predicted molar refractivity (Wildman–Crippen MR) is 77.3 cm³/mol. The highest BCUT2D eigenvalue weighted by atomic mass is 27.1. The van der Waals surface area contributed by atoms with E-state index in [1.807, 2.05) is 36.4 Å². The monoisotopic (exact) mass is 252 g/mol. The number of carbonyl (C=O) groups is 1. The van der Waals surface area contributed by atoms with Gasteiger partial charge in [-0.3, -0.25) is 0 Å². The fourth-order valence-corrected chi connectivity index (χ4v) is 3.07. The number of hydrogen-bond acceptors (Lipinski definition) is 1. The van der Waals surface area contributed by atoms with Gasteiger partial charge in [-0.25, -0.2) is 0 Å². The Morgan fingerprint density at radius 1 is 1.00 bits per heavy atom. The molecule has 1 atom stereocenters. The molecule has 0 aromatic heterocycles. The molecule has 0 aliphatic carbocycles. The SMILES string of the molecule is [CH3][AlH][C](=O)C(Cc1ccccc1)c1ccccc1. The molecule has 90 valence electrons. The summed E-state index contributed by atoms with van der Waals surface area (Å²) in [6.07, 6.45) is 0.824. The van der Waals surface area contributed by atoms with Crippen molar-refractivity contribution >= 4 is 19.9 Å². The highest BCUT2D eigenvalue weighted by molar-refractivity contribution is 6.73. The normalized spacial score (nSPS) is 11.8. The Balaban J connectivity index is 2.24. The quantitative estimate of drug-likeness (QED) is 0.748. The van der Waals surface area contributed by atoms with Crippen LogP contribution in [-0.2, 0) is 11.2 Å². The zero-order valence-electron chi connectivity index (χ0n) is 10.7. The molecule has 2 rings (SSSR count). The van der Waals surface area contributed by atoms with Crippen molar-refractivity contribution in [2.45, 2.75) is 18.1 Å². The van der Waals surface area contributed by atoms with Crippen LogP contribution in [0.1, 0.15) is 17.0 Å². The third-order valence-electron chi connectivity index (χ3n) is 3.22. The van der Waals surface area contributed by atoms with Crippen LogP contribution in [0.25, 0.3) is 0 Å². The lowest BCUT2D eigenvalue weighted by Crippen LogP contribution is -2.19. The van der Waals surface area contributed by atoms with Crippen LogP contribution in [0.2, 0.25) is 5.79 Å². The zero-order valence-corrected chi connectivity index (χ0v) is 12.1. The first-order chi connectivity index (χ1) is 8.81. The molecule has 0 aliphatic heterocycles. The molecule has 2 aromatic carbocycles. The minimum atomic E-state index is -0.608. The Kier molecular flexibility index (Phi) is 4.75. The van der Waals surface area contributed by atoms with Crippen molar-refractivity contribution in [3.05, 3.63) is 71.8 Å². The van der Waals surface area contributed by atoms with Crippen LogP contribution < -0.4 is 0 Å². The van der Waals surface area contributed by atoms with Gasteiger partial charge >= 0.3 is 15.2 Å². The van der Waals surface area contributed by atoms with Crippen LogP contribution >= 0.6 is 0 Å². The van der Waals surface area contributed by atoms with Gasteiger partial charge in [0.25, 0.3) is 0 Å². The lowest BCUT2D eigenvalue weighted by molar-refractivity contribution is -0.113. The molecule has 0 amide bonds. The number of benzene rings is 2. The van der Waals surface area contributed by atoms with Gasteiger partial charge in [0, 0.05) is 5.92 Å². The van der Waals surface area contributed by atoms with Gasteiger partial charge in [-0.15, -0.1) is 5.79 Å². The second-order valence-corrected chi connectivity index (χ2v) is 5.88. The van der Waals surface area contributed by atoms with Crippen molar-refractivity contribution in [1.82, 2.24) is 0 Å². The first kappa shape index (κ1) is 13.1. The maximum absolute atomic E-state index is 12.2. The largest absolute Gasteiger partial charge is 0.340 e. The average molecular weight is 252 g/mol. The molecule has 0 saturated heterocycles. The van der Waals surface area contributed by atoms with E-state index in [0.717, 1.165) is 12.0 Å². The molecule has 18 heavy (non-hydrogen) atoms. The minimum Gasteiger partial charge on any atom is -0.321 e. The van der Waals surface area contributed by atoms with Crippen molar-refractivity contribution in [2.75, 3.05) is 0 Å². The highest BCUT2D eigenvalue weighted by Crippen LogP contribution is 2.21. The van der Waals surface area contributed by atoms with Gasteiger partial charge in [0.2, 0.25) is 0 Å². The maximum atomic E-state index is 12.2. The standard InChI is InChI=1S/C15H13O.CH3.Al.H/c16-12-15(14-9-5-2-6-10-14)11-13-7-3-1-4-8-13;;;/h1-10,15H,11H2;1H3;;. The summed E-state index contributed by atoms with van der Waals surface area (Å²) in [4.78, 5) is 12.2. The molecule has 0 radical (unpaired) electrons. The molecular weight excluding hydrogens is 235 g/mol. The van der Waals surface area contributed by atoms with Gasteiger partial charge in [-0.05, 0) is 17.5 Å². The molecular formula is C16H17AlO. The summed E-state index contributed by atoms with van der Waals surface area (Å²) in [5, 5.41) is 0. The number of carbonyl (C=O) groups excluding carboxylic acids is 1. The van der Waals surface area contributed by atoms with Crippen LogP contribution in [0.4, 0.5) is 0 Å². The van der Waals surface area contributed by atoms with Gasteiger partial charge in [0.1, 0.15) is 0 Å². The zero-order chi connectivity index (χ0) is 12.8. The van der Waals surface area contributed by atoms with Crippen molar-refractivity contribution in [3.8, 4) is 0 Å². The first-order valence-corrected chi connectivity index (χ1v) is 8.55. The summed E-state index contributed by atoms with van der Waals surface area (Å²) in [5.41, 5.74) is 2.39. The Labute approximate surface area is 115 Å². The predicted octanol–water partition coefficient (Wildman–Crippen LogP) is 3.02. The second kappa shape index (κ2) is 6.54. The van der Waals surface area contributed by atoms with E-state index < -0.39 is 15.2 Å². The molecule has 2 aromatic rings. The Hall–Kier alpha value is -1.36. The van der Waals surface area contributed by atoms with Gasteiger partial charge in [-0.1, -0.05) is 60.7 Å². The molecule has 0 bridgehead atoms. The summed E-state index contributed by atoms with van der Waals surface area (Å²) < 4.78 is 0.449. The van der Waals surface area contributed by atoms with E-state index in [4.69, 9.17) is 0 Å². The van der Waals surface area contributed by atoms with Crippen LogP contribution in [-0.4, -0.2) is 19.9 Å². The third kappa shape index (κ3) is 3.32. The Morgan fingerprint density at radius 3 is 2.11 bits per heavy atom. The van der Waals surface area contributed by atoms with Crippen LogP contribution in [0.15, 0.2) is 60.7 Å². The van der Waals surface area contributed by atoms with E-state index in [1.54, 1.807) is 0 Å². The molecule has 0 saturated carbocycles. The van der Waals surface area contributed by atoms with Gasteiger partial charge in [-0.2, -0.15) is 0 Å². The fraction of sp³-hybridized carbons (Fsp3) is 0.188. The van der Waals surface area contributed by atoms with Crippen LogP contribution in [0.5, 0.6) is 0 Å². The van der Waals surface area contributed by atoms with Crippen LogP contribution in [0.3, 0.4) is 0 Å². The Morgan fingerprint density at radius 2 is 1.56 bits per heavy atom. The molecule has 0 spiro atoms. The molecule has 0 N–H and O–H groups in total. The van der Waals surface area contributed by atoms with Crippen molar-refractivity contribution < 1.29 is 4.79 Å². The molecule has 1 unspecified atom stereocenters. The van der Waals surface area contributed by atoms with Gasteiger partial charge < -0.3 is 4.79 Å². The van der Waals surface area contributed by atoms with Gasteiger partial charge in [0.05, 0.1) is 4.65 Å². The summed E-state index contributed by atoms with van der Waals surface area (Å²) in [7, 11) is 0. The van der Waals surface area contributed by atoms with E-state index in [-0.39, 0.29) is 5.92 Å². The highest BCUT2D eigenvalue weighted by Gasteiger charge is 2.19. The summed E-state index contributed by atoms with van der Waals surface area (Å²) >= 11 is -0.608. The maximum Gasteiger partial charge on any atom is 0.340 e. The third-order valence-corrected chi connectivity index (χ3v) is 4.41. The fourth-order valence-electron chi connectivity index (χ4n) is 2.20. The molecule has 1 nitrogen and oxygen atoms in total. The average Bonchev–Trinajstić information content (AvgIpc) is 2.46. The van der Waals surface area contributed by atoms with E-state index >= 15 is 0 Å². The first-order valence-electron chi connectivity index (χ1n) is 6.43. The van der Waals surface area contributed by atoms with E-state index in [0.29, 0.717) is 4.65 Å². The van der Waals surface area contributed by atoms with Crippen molar-refractivity contribution in [1.29, 1.82) is 0 Å².